The molecule has 1 aromatic carbocycles. The van der Waals surface area contributed by atoms with E-state index in [1.165, 1.54) is 0 Å². The summed E-state index contributed by atoms with van der Waals surface area (Å²) in [5.41, 5.74) is 6.52. The summed E-state index contributed by atoms with van der Waals surface area (Å²) in [7, 11) is 0. The molecule has 0 heterocycles. The Hall–Kier alpha value is -0.440. The summed E-state index contributed by atoms with van der Waals surface area (Å²) in [4.78, 5) is 0. The van der Waals surface area contributed by atoms with Crippen LogP contribution in [0.5, 0.6) is 5.75 Å². The van der Waals surface area contributed by atoms with Gasteiger partial charge in [-0.15, -0.1) is 0 Å². The molecule has 1 aromatic rings. The minimum absolute atomic E-state index is 0.374. The van der Waals surface area contributed by atoms with Crippen molar-refractivity contribution in [1.29, 1.82) is 0 Å². The number of benzene rings is 1. The number of ether oxygens (including phenoxy) is 1. The van der Waals surface area contributed by atoms with Gasteiger partial charge in [0.1, 0.15) is 5.75 Å². The van der Waals surface area contributed by atoms with Crippen molar-refractivity contribution in [3.63, 3.8) is 0 Å². The van der Waals surface area contributed by atoms with Crippen LogP contribution < -0.4 is 10.5 Å². The molecule has 0 saturated heterocycles. The maximum atomic E-state index is 6.12. The molecule has 0 radical (unpaired) electrons. The molecule has 0 aliphatic heterocycles. The van der Waals surface area contributed by atoms with E-state index < -0.39 is 0 Å². The summed E-state index contributed by atoms with van der Waals surface area (Å²) >= 11 is 12.0. The van der Waals surface area contributed by atoms with Gasteiger partial charge in [-0.2, -0.15) is 0 Å². The van der Waals surface area contributed by atoms with Crippen molar-refractivity contribution in [1.82, 2.24) is 0 Å². The summed E-state index contributed by atoms with van der Waals surface area (Å²) in [5.74, 6) is 1.22. The van der Waals surface area contributed by atoms with Crippen LogP contribution >= 0.6 is 23.2 Å². The molecule has 0 aromatic heterocycles. The molecule has 96 valence electrons. The Morgan fingerprint density at radius 2 is 1.88 bits per heavy atom. The molecule has 17 heavy (non-hydrogen) atoms. The smallest absolute Gasteiger partial charge is 0.142 e. The second-order valence-corrected chi connectivity index (χ2v) is 4.92. The quantitative estimate of drug-likeness (QED) is 0.842. The maximum absolute atomic E-state index is 6.12. The molecule has 0 saturated carbocycles. The third-order valence-corrected chi connectivity index (χ3v) is 3.42. The maximum Gasteiger partial charge on any atom is 0.142 e. The lowest BCUT2D eigenvalue weighted by molar-refractivity contribution is 0.239. The van der Waals surface area contributed by atoms with Crippen LogP contribution in [-0.4, -0.2) is 6.61 Å². The van der Waals surface area contributed by atoms with Gasteiger partial charge < -0.3 is 10.5 Å². The molecule has 0 aliphatic carbocycles. The number of hydrogen-bond donors (Lipinski definition) is 1. The Bertz CT molecular complexity index is 365. The van der Waals surface area contributed by atoms with Gasteiger partial charge in [0.2, 0.25) is 0 Å². The minimum atomic E-state index is 0.374. The van der Waals surface area contributed by atoms with Crippen LogP contribution in [-0.2, 0) is 6.54 Å². The second-order valence-electron chi connectivity index (χ2n) is 4.07. The molecule has 0 atom stereocenters. The first-order valence-corrected chi connectivity index (χ1v) is 6.68. The van der Waals surface area contributed by atoms with Crippen LogP contribution in [0.4, 0.5) is 0 Å². The van der Waals surface area contributed by atoms with Crippen molar-refractivity contribution >= 4 is 23.2 Å². The summed E-state index contributed by atoms with van der Waals surface area (Å²) in [6, 6.07) is 3.49. The highest BCUT2D eigenvalue weighted by molar-refractivity contribution is 6.35. The van der Waals surface area contributed by atoms with Gasteiger partial charge in [0.05, 0.1) is 11.6 Å². The zero-order chi connectivity index (χ0) is 12.8. The molecule has 1 rings (SSSR count). The van der Waals surface area contributed by atoms with E-state index in [0.29, 0.717) is 34.9 Å². The van der Waals surface area contributed by atoms with E-state index in [-0.39, 0.29) is 0 Å². The number of halogens is 2. The zero-order valence-electron chi connectivity index (χ0n) is 10.3. The largest absolute Gasteiger partial charge is 0.491 e. The lowest BCUT2D eigenvalue weighted by atomic mass is 10.1. The first-order chi connectivity index (χ1) is 8.12. The van der Waals surface area contributed by atoms with Gasteiger partial charge in [0.25, 0.3) is 0 Å². The normalized spacial score (nSPS) is 10.9. The van der Waals surface area contributed by atoms with Crippen molar-refractivity contribution in [2.75, 3.05) is 6.61 Å². The highest BCUT2D eigenvalue weighted by Crippen LogP contribution is 2.32. The Morgan fingerprint density at radius 1 is 1.24 bits per heavy atom. The van der Waals surface area contributed by atoms with Gasteiger partial charge in [0, 0.05) is 17.1 Å². The lowest BCUT2D eigenvalue weighted by Gasteiger charge is -2.17. The van der Waals surface area contributed by atoms with Crippen LogP contribution in [0, 0.1) is 5.92 Å². The van der Waals surface area contributed by atoms with Crippen molar-refractivity contribution < 1.29 is 4.74 Å². The van der Waals surface area contributed by atoms with Gasteiger partial charge in [-0.25, -0.2) is 0 Å². The summed E-state index contributed by atoms with van der Waals surface area (Å²) in [5, 5.41) is 1.12. The standard InChI is InChI=1S/C13H19Cl2NO/c1-3-9(4-2)8-17-13-10(7-16)5-11(14)6-12(13)15/h5-6,9H,3-4,7-8,16H2,1-2H3. The van der Waals surface area contributed by atoms with E-state index in [4.69, 9.17) is 33.7 Å². The van der Waals surface area contributed by atoms with Gasteiger partial charge in [0.15, 0.2) is 0 Å². The van der Waals surface area contributed by atoms with E-state index in [1.54, 1.807) is 12.1 Å². The monoisotopic (exact) mass is 275 g/mol. The van der Waals surface area contributed by atoms with Gasteiger partial charge in [-0.05, 0) is 18.1 Å². The number of rotatable bonds is 6. The average molecular weight is 276 g/mol. The lowest BCUT2D eigenvalue weighted by Crippen LogP contribution is -2.12. The van der Waals surface area contributed by atoms with E-state index in [2.05, 4.69) is 13.8 Å². The van der Waals surface area contributed by atoms with Crippen molar-refractivity contribution in [2.24, 2.45) is 11.7 Å². The molecule has 0 aliphatic rings. The van der Waals surface area contributed by atoms with Crippen LogP contribution in [0.2, 0.25) is 10.0 Å². The molecule has 0 spiro atoms. The first kappa shape index (κ1) is 14.6. The Morgan fingerprint density at radius 3 is 2.41 bits per heavy atom. The average Bonchev–Trinajstić information content (AvgIpc) is 2.31. The topological polar surface area (TPSA) is 35.2 Å². The fourth-order valence-corrected chi connectivity index (χ4v) is 2.24. The van der Waals surface area contributed by atoms with E-state index >= 15 is 0 Å². The molecule has 2 nitrogen and oxygen atoms in total. The molecule has 0 fully saturated rings. The number of hydrogen-bond acceptors (Lipinski definition) is 2. The summed E-state index contributed by atoms with van der Waals surface area (Å²) in [6.45, 7) is 5.36. The fourth-order valence-electron chi connectivity index (χ4n) is 1.65. The van der Waals surface area contributed by atoms with Crippen molar-refractivity contribution in [3.05, 3.63) is 27.7 Å². The number of nitrogens with two attached hydrogens (primary N) is 1. The van der Waals surface area contributed by atoms with Crippen molar-refractivity contribution in [2.45, 2.75) is 33.2 Å². The van der Waals surface area contributed by atoms with Crippen LogP contribution in [0.25, 0.3) is 0 Å². The van der Waals surface area contributed by atoms with E-state index in [1.807, 2.05) is 0 Å². The molecular formula is C13H19Cl2NO. The van der Waals surface area contributed by atoms with Crippen LogP contribution in [0.3, 0.4) is 0 Å². The molecular weight excluding hydrogens is 257 g/mol. The SMILES string of the molecule is CCC(CC)COc1c(Cl)cc(Cl)cc1CN. The molecule has 0 amide bonds. The predicted molar refractivity (Wildman–Crippen MR) is 73.9 cm³/mol. The third kappa shape index (κ3) is 4.06. The Balaban J connectivity index is 2.82. The third-order valence-electron chi connectivity index (χ3n) is 2.92. The van der Waals surface area contributed by atoms with E-state index in [0.717, 1.165) is 18.4 Å². The van der Waals surface area contributed by atoms with Gasteiger partial charge in [-0.1, -0.05) is 49.9 Å². The molecule has 0 bridgehead atoms. The van der Waals surface area contributed by atoms with Gasteiger partial charge >= 0.3 is 0 Å². The second kappa shape index (κ2) is 7.10. The summed E-state index contributed by atoms with van der Waals surface area (Å²) in [6.07, 6.45) is 2.19. The first-order valence-electron chi connectivity index (χ1n) is 5.93. The Labute approximate surface area is 113 Å². The van der Waals surface area contributed by atoms with E-state index in [9.17, 15) is 0 Å². The van der Waals surface area contributed by atoms with Crippen LogP contribution in [0.1, 0.15) is 32.3 Å². The molecule has 2 N–H and O–H groups in total. The van der Waals surface area contributed by atoms with Gasteiger partial charge in [-0.3, -0.25) is 0 Å². The molecule has 0 unspecified atom stereocenters. The zero-order valence-corrected chi connectivity index (χ0v) is 11.8. The summed E-state index contributed by atoms with van der Waals surface area (Å²) < 4.78 is 5.79. The van der Waals surface area contributed by atoms with Crippen molar-refractivity contribution in [3.8, 4) is 5.75 Å². The Kier molecular flexibility index (Phi) is 6.10. The van der Waals surface area contributed by atoms with Crippen LogP contribution in [0.15, 0.2) is 12.1 Å². The molecule has 4 heteroatoms. The predicted octanol–water partition coefficient (Wildman–Crippen LogP) is 4.27. The highest BCUT2D eigenvalue weighted by atomic mass is 35.5. The fraction of sp³-hybridized carbons (Fsp3) is 0.538. The minimum Gasteiger partial charge on any atom is -0.491 e. The highest BCUT2D eigenvalue weighted by Gasteiger charge is 2.12.